The van der Waals surface area contributed by atoms with Crippen molar-refractivity contribution in [3.05, 3.63) is 65.7 Å². The molecule has 0 N–H and O–H groups in total. The highest BCUT2D eigenvalue weighted by molar-refractivity contribution is 6.06. The molecule has 0 atom stereocenters. The van der Waals surface area contributed by atoms with Crippen LogP contribution in [0.4, 0.5) is 5.69 Å². The number of likely N-dealkylation sites (N-methyl/N-ethyl adjacent to an activating group) is 1. The van der Waals surface area contributed by atoms with Crippen LogP contribution >= 0.6 is 12.4 Å². The lowest BCUT2D eigenvalue weighted by atomic mass is 10.1. The molecule has 2 aromatic rings. The second-order valence-electron chi connectivity index (χ2n) is 5.69. The molecule has 24 heavy (non-hydrogen) atoms. The summed E-state index contributed by atoms with van der Waals surface area (Å²) in [6, 6.07) is 17.7. The van der Waals surface area contributed by atoms with Gasteiger partial charge in [-0.25, -0.2) is 0 Å². The summed E-state index contributed by atoms with van der Waals surface area (Å²) in [5, 5.41) is 0. The maximum atomic E-state index is 12.9. The van der Waals surface area contributed by atoms with Crippen molar-refractivity contribution in [2.75, 3.05) is 31.1 Å². The highest BCUT2D eigenvalue weighted by Gasteiger charge is 2.18. The van der Waals surface area contributed by atoms with Crippen molar-refractivity contribution >= 4 is 24.0 Å². The predicted octanol–water partition coefficient (Wildman–Crippen LogP) is 4.41. The van der Waals surface area contributed by atoms with Crippen LogP contribution in [-0.4, -0.2) is 37.0 Å². The van der Waals surface area contributed by atoms with Gasteiger partial charge in [-0.2, -0.15) is 0 Å². The first kappa shape index (κ1) is 20.2. The first-order valence-electron chi connectivity index (χ1n) is 8.31. The minimum atomic E-state index is 0. The topological polar surface area (TPSA) is 23.6 Å². The molecule has 0 radical (unpaired) electrons. The number of anilines is 1. The van der Waals surface area contributed by atoms with E-state index < -0.39 is 0 Å². The van der Waals surface area contributed by atoms with Crippen molar-refractivity contribution in [2.24, 2.45) is 0 Å². The molecule has 130 valence electrons. The number of hydrogen-bond donors (Lipinski definition) is 0. The van der Waals surface area contributed by atoms with Crippen molar-refractivity contribution < 1.29 is 4.79 Å². The van der Waals surface area contributed by atoms with Gasteiger partial charge in [0.25, 0.3) is 5.91 Å². The van der Waals surface area contributed by atoms with Gasteiger partial charge in [0.05, 0.1) is 0 Å². The average Bonchev–Trinajstić information content (AvgIpc) is 2.60. The van der Waals surface area contributed by atoms with Crippen molar-refractivity contribution in [3.8, 4) is 0 Å². The Morgan fingerprint density at radius 1 is 0.875 bits per heavy atom. The van der Waals surface area contributed by atoms with Crippen molar-refractivity contribution in [2.45, 2.75) is 20.8 Å². The molecule has 2 aromatic carbocycles. The molecule has 0 aliphatic rings. The minimum Gasteiger partial charge on any atom is -0.307 e. The van der Waals surface area contributed by atoms with E-state index in [1.165, 1.54) is 5.56 Å². The van der Waals surface area contributed by atoms with E-state index in [4.69, 9.17) is 0 Å². The summed E-state index contributed by atoms with van der Waals surface area (Å²) in [5.74, 6) is 0.0570. The minimum absolute atomic E-state index is 0. The lowest BCUT2D eigenvalue weighted by Crippen LogP contribution is -2.38. The Morgan fingerprint density at radius 2 is 1.46 bits per heavy atom. The SMILES string of the molecule is CCN(CC)CCN(C(=O)c1ccccc1)c1ccc(C)cc1.Cl. The lowest BCUT2D eigenvalue weighted by Gasteiger charge is -2.27. The van der Waals surface area contributed by atoms with Gasteiger partial charge in [0.2, 0.25) is 0 Å². The summed E-state index contributed by atoms with van der Waals surface area (Å²) in [6.07, 6.45) is 0. The molecule has 4 heteroatoms. The third kappa shape index (κ3) is 5.36. The molecule has 0 bridgehead atoms. The van der Waals surface area contributed by atoms with E-state index in [0.29, 0.717) is 6.54 Å². The molecule has 2 rings (SSSR count). The van der Waals surface area contributed by atoms with Crippen molar-refractivity contribution in [1.29, 1.82) is 0 Å². The third-order valence-corrected chi connectivity index (χ3v) is 4.15. The summed E-state index contributed by atoms with van der Waals surface area (Å²) >= 11 is 0. The van der Waals surface area contributed by atoms with E-state index in [1.807, 2.05) is 47.4 Å². The fraction of sp³-hybridized carbons (Fsp3) is 0.350. The third-order valence-electron chi connectivity index (χ3n) is 4.15. The van der Waals surface area contributed by atoms with Crippen LogP contribution in [0.25, 0.3) is 0 Å². The van der Waals surface area contributed by atoms with Crippen LogP contribution in [0.2, 0.25) is 0 Å². The summed E-state index contributed by atoms with van der Waals surface area (Å²) in [7, 11) is 0. The van der Waals surface area contributed by atoms with Crippen LogP contribution < -0.4 is 4.90 Å². The monoisotopic (exact) mass is 346 g/mol. The Bertz CT molecular complexity index is 609. The number of hydrogen-bond acceptors (Lipinski definition) is 2. The number of carbonyl (C=O) groups excluding carboxylic acids is 1. The van der Waals surface area contributed by atoms with Gasteiger partial charge < -0.3 is 9.80 Å². The smallest absolute Gasteiger partial charge is 0.258 e. The molecule has 0 fully saturated rings. The van der Waals surface area contributed by atoms with Crippen LogP contribution in [0.5, 0.6) is 0 Å². The predicted molar refractivity (Wildman–Crippen MR) is 104 cm³/mol. The van der Waals surface area contributed by atoms with E-state index in [9.17, 15) is 4.79 Å². The quantitative estimate of drug-likeness (QED) is 0.741. The van der Waals surface area contributed by atoms with Gasteiger partial charge >= 0.3 is 0 Å². The normalized spacial score (nSPS) is 10.3. The largest absolute Gasteiger partial charge is 0.307 e. The molecule has 0 aliphatic carbocycles. The maximum absolute atomic E-state index is 12.9. The number of rotatable bonds is 7. The summed E-state index contributed by atoms with van der Waals surface area (Å²) < 4.78 is 0. The highest BCUT2D eigenvalue weighted by Crippen LogP contribution is 2.18. The molecular weight excluding hydrogens is 320 g/mol. The van der Waals surface area contributed by atoms with Gasteiger partial charge in [-0.15, -0.1) is 12.4 Å². The number of amides is 1. The standard InChI is InChI=1S/C20H26N2O.ClH/c1-4-21(5-2)15-16-22(19-13-11-17(3)12-14-19)20(23)18-9-7-6-8-10-18;/h6-14H,4-5,15-16H2,1-3H3;1H. The molecule has 0 aliphatic heterocycles. The zero-order valence-corrected chi connectivity index (χ0v) is 15.6. The molecule has 0 saturated carbocycles. The van der Waals surface area contributed by atoms with Crippen LogP contribution in [0.15, 0.2) is 54.6 Å². The Hall–Kier alpha value is -1.84. The number of benzene rings is 2. The van der Waals surface area contributed by atoms with E-state index in [-0.39, 0.29) is 18.3 Å². The van der Waals surface area contributed by atoms with Gasteiger partial charge in [-0.1, -0.05) is 49.7 Å². The maximum Gasteiger partial charge on any atom is 0.258 e. The van der Waals surface area contributed by atoms with Gasteiger partial charge in [0.1, 0.15) is 0 Å². The van der Waals surface area contributed by atoms with Gasteiger partial charge in [0, 0.05) is 24.3 Å². The van der Waals surface area contributed by atoms with Crippen molar-refractivity contribution in [3.63, 3.8) is 0 Å². The molecule has 1 amide bonds. The summed E-state index contributed by atoms with van der Waals surface area (Å²) in [5.41, 5.74) is 2.88. The molecule has 0 unspecified atom stereocenters. The Kier molecular flexibility index (Phi) is 8.51. The fourth-order valence-corrected chi connectivity index (χ4v) is 2.59. The number of halogens is 1. The molecule has 0 spiro atoms. The van der Waals surface area contributed by atoms with Crippen LogP contribution in [0.1, 0.15) is 29.8 Å². The zero-order chi connectivity index (χ0) is 16.7. The van der Waals surface area contributed by atoms with E-state index in [1.54, 1.807) is 0 Å². The van der Waals surface area contributed by atoms with E-state index in [0.717, 1.165) is 30.9 Å². The average molecular weight is 347 g/mol. The fourth-order valence-electron chi connectivity index (χ4n) is 2.59. The van der Waals surface area contributed by atoms with Crippen LogP contribution in [0.3, 0.4) is 0 Å². The van der Waals surface area contributed by atoms with Gasteiger partial charge in [-0.05, 0) is 44.3 Å². The molecular formula is C20H27ClN2O. The molecule has 3 nitrogen and oxygen atoms in total. The van der Waals surface area contributed by atoms with Crippen LogP contribution in [-0.2, 0) is 0 Å². The zero-order valence-electron chi connectivity index (χ0n) is 14.7. The molecule has 0 aromatic heterocycles. The summed E-state index contributed by atoms with van der Waals surface area (Å²) in [6.45, 7) is 9.92. The second kappa shape index (κ2) is 10.1. The molecule has 0 heterocycles. The number of carbonyl (C=O) groups is 1. The van der Waals surface area contributed by atoms with E-state index in [2.05, 4.69) is 37.8 Å². The number of aryl methyl sites for hydroxylation is 1. The Labute approximate surface area is 151 Å². The van der Waals surface area contributed by atoms with Crippen LogP contribution in [0, 0.1) is 6.92 Å². The number of nitrogens with zero attached hydrogens (tertiary/aromatic N) is 2. The first-order chi connectivity index (χ1) is 11.2. The Morgan fingerprint density at radius 3 is 2.00 bits per heavy atom. The first-order valence-corrected chi connectivity index (χ1v) is 8.31. The lowest BCUT2D eigenvalue weighted by molar-refractivity contribution is 0.0984. The summed E-state index contributed by atoms with van der Waals surface area (Å²) in [4.78, 5) is 17.1. The highest BCUT2D eigenvalue weighted by atomic mass is 35.5. The molecule has 0 saturated heterocycles. The van der Waals surface area contributed by atoms with Gasteiger partial charge in [0.15, 0.2) is 0 Å². The second-order valence-corrected chi connectivity index (χ2v) is 5.69. The van der Waals surface area contributed by atoms with Crippen molar-refractivity contribution in [1.82, 2.24) is 4.90 Å². The van der Waals surface area contributed by atoms with E-state index >= 15 is 0 Å². The van der Waals surface area contributed by atoms with Gasteiger partial charge in [-0.3, -0.25) is 4.79 Å². The Balaban J connectivity index is 0.00000288.